The van der Waals surface area contributed by atoms with Gasteiger partial charge in [0.15, 0.2) is 11.5 Å². The second-order valence-corrected chi connectivity index (χ2v) is 14.4. The average molecular weight is 691 g/mol. The molecule has 49 heavy (non-hydrogen) atoms. The molecule has 4 aliphatic rings. The van der Waals surface area contributed by atoms with Crippen LogP contribution in [0.2, 0.25) is 0 Å². The Balaban J connectivity index is 1.26. The fraction of sp³-hybridized carbons (Fsp3) is 0.600. The van der Waals surface area contributed by atoms with E-state index < -0.39 is 46.7 Å². The van der Waals surface area contributed by atoms with Crippen molar-refractivity contribution in [2.24, 2.45) is 17.8 Å². The van der Waals surface area contributed by atoms with E-state index in [1.54, 1.807) is 29.0 Å². The van der Waals surface area contributed by atoms with Gasteiger partial charge in [0.2, 0.25) is 5.92 Å². The molecule has 1 amide bonds. The van der Waals surface area contributed by atoms with Crippen molar-refractivity contribution in [2.45, 2.75) is 101 Å². The second-order valence-electron chi connectivity index (χ2n) is 14.4. The van der Waals surface area contributed by atoms with Crippen LogP contribution < -0.4 is 10.1 Å². The summed E-state index contributed by atoms with van der Waals surface area (Å²) in [6, 6.07) is 4.77. The first-order valence-electron chi connectivity index (χ1n) is 17.0. The summed E-state index contributed by atoms with van der Waals surface area (Å²) in [5.41, 5.74) is -3.22. The van der Waals surface area contributed by atoms with E-state index in [1.807, 2.05) is 6.92 Å². The maximum Gasteiger partial charge on any atom is 0.434 e. The van der Waals surface area contributed by atoms with Gasteiger partial charge < -0.3 is 24.5 Å². The SMILES string of the molecule is CC1CC2CC(C1)C(NC(=O)c1cnc(-c3cn(C4CCC(F)(F)CC4)c4cc(OC5CCCOC5)ccc34)nc1C(F)(F)F)(C(=O)O)C2. The van der Waals surface area contributed by atoms with Crippen LogP contribution in [0.25, 0.3) is 22.3 Å². The number of ether oxygens (including phenoxy) is 2. The van der Waals surface area contributed by atoms with Gasteiger partial charge in [0.1, 0.15) is 17.4 Å². The van der Waals surface area contributed by atoms with Crippen LogP contribution in [0.3, 0.4) is 0 Å². The number of hydrogen-bond donors (Lipinski definition) is 2. The molecule has 2 N–H and O–H groups in total. The Morgan fingerprint density at radius 1 is 1.12 bits per heavy atom. The Labute approximate surface area is 279 Å². The third-order valence-electron chi connectivity index (χ3n) is 10.9. The van der Waals surface area contributed by atoms with Crippen LogP contribution in [0.4, 0.5) is 22.0 Å². The molecule has 2 bridgehead atoms. The summed E-state index contributed by atoms with van der Waals surface area (Å²) in [4.78, 5) is 34.2. The number of carbonyl (C=O) groups excluding carboxylic acids is 1. The highest BCUT2D eigenvalue weighted by Crippen LogP contribution is 2.51. The molecule has 2 aromatic heterocycles. The van der Waals surface area contributed by atoms with E-state index in [-0.39, 0.29) is 67.5 Å². The van der Waals surface area contributed by atoms with Gasteiger partial charge in [-0.15, -0.1) is 0 Å². The topological polar surface area (TPSA) is 116 Å². The minimum absolute atomic E-state index is 0.0560. The van der Waals surface area contributed by atoms with Gasteiger partial charge in [-0.1, -0.05) is 6.92 Å². The number of aromatic nitrogens is 3. The number of alkyl halides is 5. The van der Waals surface area contributed by atoms with Crippen molar-refractivity contribution in [3.63, 3.8) is 0 Å². The van der Waals surface area contributed by atoms with Crippen molar-refractivity contribution in [3.05, 3.63) is 41.9 Å². The smallest absolute Gasteiger partial charge is 0.434 e. The molecule has 9 nitrogen and oxygen atoms in total. The van der Waals surface area contributed by atoms with E-state index in [2.05, 4.69) is 15.3 Å². The molecular formula is C35H39F5N4O5. The molecule has 4 fully saturated rings. The molecular weight excluding hydrogens is 651 g/mol. The lowest BCUT2D eigenvalue weighted by molar-refractivity contribution is -0.146. The number of carbonyl (C=O) groups is 2. The monoisotopic (exact) mass is 690 g/mol. The van der Waals surface area contributed by atoms with Crippen LogP contribution in [0.15, 0.2) is 30.6 Å². The zero-order valence-corrected chi connectivity index (χ0v) is 27.1. The van der Waals surface area contributed by atoms with Crippen molar-refractivity contribution < 1.29 is 46.1 Å². The van der Waals surface area contributed by atoms with Gasteiger partial charge in [0.05, 0.1) is 17.7 Å². The zero-order chi connectivity index (χ0) is 34.7. The van der Waals surface area contributed by atoms with Gasteiger partial charge in [-0.2, -0.15) is 13.2 Å². The Kier molecular flexibility index (Phi) is 8.59. The van der Waals surface area contributed by atoms with Gasteiger partial charge >= 0.3 is 12.1 Å². The Bertz CT molecular complexity index is 1750. The van der Waals surface area contributed by atoms with Gasteiger partial charge in [-0.3, -0.25) is 4.79 Å². The number of carboxylic acids is 1. The number of aliphatic carboxylic acids is 1. The normalized spacial score (nSPS) is 28.8. The van der Waals surface area contributed by atoms with Crippen LogP contribution in [0.1, 0.15) is 93.2 Å². The van der Waals surface area contributed by atoms with Crippen LogP contribution in [-0.2, 0) is 15.7 Å². The number of amides is 1. The first-order valence-corrected chi connectivity index (χ1v) is 17.0. The highest BCUT2D eigenvalue weighted by Gasteiger charge is 2.56. The van der Waals surface area contributed by atoms with Gasteiger partial charge in [0, 0.05) is 54.9 Å². The Morgan fingerprint density at radius 3 is 2.59 bits per heavy atom. The molecule has 0 spiro atoms. The summed E-state index contributed by atoms with van der Waals surface area (Å²) in [6.07, 6.45) is 0.541. The van der Waals surface area contributed by atoms with Crippen LogP contribution in [0.5, 0.6) is 5.75 Å². The van der Waals surface area contributed by atoms with E-state index in [0.29, 0.717) is 42.7 Å². The second kappa shape index (κ2) is 12.5. The number of fused-ring (bicyclic) bond motifs is 3. The minimum Gasteiger partial charge on any atom is -0.488 e. The molecule has 3 aliphatic carbocycles. The van der Waals surface area contributed by atoms with Crippen molar-refractivity contribution in [2.75, 3.05) is 13.2 Å². The summed E-state index contributed by atoms with van der Waals surface area (Å²) in [6.45, 7) is 3.08. The minimum atomic E-state index is -5.07. The van der Waals surface area contributed by atoms with E-state index in [4.69, 9.17) is 9.47 Å². The predicted octanol–water partition coefficient (Wildman–Crippen LogP) is 7.43. The predicted molar refractivity (Wildman–Crippen MR) is 167 cm³/mol. The van der Waals surface area contributed by atoms with Crippen LogP contribution in [-0.4, -0.2) is 62.3 Å². The fourth-order valence-corrected chi connectivity index (χ4v) is 8.65. The highest BCUT2D eigenvalue weighted by molar-refractivity contribution is 6.00. The van der Waals surface area contributed by atoms with Crippen molar-refractivity contribution in [1.29, 1.82) is 0 Å². The molecule has 5 atom stereocenters. The first-order chi connectivity index (χ1) is 23.2. The molecule has 1 saturated heterocycles. The summed E-state index contributed by atoms with van der Waals surface area (Å²) in [5.74, 6) is -5.14. The van der Waals surface area contributed by atoms with E-state index >= 15 is 0 Å². The standard InChI is InChI=1S/C35H39F5N4O5/c1-19-11-20-13-21(12-19)34(15-20,32(46)47)43-31(45)26-16-41-30(42-29(26)35(38,39)40)27-17-44(22-6-8-33(36,37)9-7-22)28-14-23(4-5-25(27)28)49-24-3-2-10-48-18-24/h4-5,14,16-17,19-22,24H,2-3,6-13,15,18H2,1H3,(H,43,45)(H,46,47). The summed E-state index contributed by atoms with van der Waals surface area (Å²) >= 11 is 0. The lowest BCUT2D eigenvalue weighted by atomic mass is 9.78. The molecule has 3 aromatic rings. The van der Waals surface area contributed by atoms with Gasteiger partial charge in [-0.25, -0.2) is 23.5 Å². The number of nitrogens with one attached hydrogen (secondary N) is 1. The largest absolute Gasteiger partial charge is 0.488 e. The summed E-state index contributed by atoms with van der Waals surface area (Å²) in [5, 5.41) is 13.2. The number of benzene rings is 1. The number of nitrogens with zero attached hydrogens (tertiary/aromatic N) is 3. The van der Waals surface area contributed by atoms with E-state index in [1.165, 1.54) is 0 Å². The van der Waals surface area contributed by atoms with E-state index in [9.17, 15) is 36.6 Å². The van der Waals surface area contributed by atoms with Crippen molar-refractivity contribution in [3.8, 4) is 17.1 Å². The number of halogens is 5. The zero-order valence-electron chi connectivity index (χ0n) is 27.1. The maximum atomic E-state index is 14.6. The number of hydrogen-bond acceptors (Lipinski definition) is 6. The molecule has 14 heteroatoms. The molecule has 264 valence electrons. The molecule has 1 aliphatic heterocycles. The molecule has 3 saturated carbocycles. The summed E-state index contributed by atoms with van der Waals surface area (Å²) in [7, 11) is 0. The van der Waals surface area contributed by atoms with Gasteiger partial charge in [-0.05, 0) is 81.3 Å². The third kappa shape index (κ3) is 6.48. The number of carboxylic acid groups (broad SMARTS) is 1. The molecule has 7 rings (SSSR count). The third-order valence-corrected chi connectivity index (χ3v) is 10.9. The van der Waals surface area contributed by atoms with Crippen molar-refractivity contribution in [1.82, 2.24) is 19.9 Å². The molecule has 0 radical (unpaired) electrons. The lowest BCUT2D eigenvalue weighted by Crippen LogP contribution is -2.57. The maximum absolute atomic E-state index is 14.6. The van der Waals surface area contributed by atoms with Crippen LogP contribution in [0, 0.1) is 17.8 Å². The average Bonchev–Trinajstić information content (AvgIpc) is 3.55. The molecule has 3 heterocycles. The quantitative estimate of drug-likeness (QED) is 0.248. The fourth-order valence-electron chi connectivity index (χ4n) is 8.65. The first kappa shape index (κ1) is 33.7. The molecule has 5 unspecified atom stereocenters. The Hall–Kier alpha value is -3.81. The van der Waals surface area contributed by atoms with Crippen molar-refractivity contribution >= 4 is 22.8 Å². The number of rotatable bonds is 7. The highest BCUT2D eigenvalue weighted by atomic mass is 19.4. The summed E-state index contributed by atoms with van der Waals surface area (Å²) < 4.78 is 85.5. The lowest BCUT2D eigenvalue weighted by Gasteiger charge is -2.33. The molecule has 1 aromatic carbocycles. The van der Waals surface area contributed by atoms with Gasteiger partial charge in [0.25, 0.3) is 5.91 Å². The van der Waals surface area contributed by atoms with E-state index in [0.717, 1.165) is 25.5 Å². The Morgan fingerprint density at radius 2 is 1.90 bits per heavy atom. The van der Waals surface area contributed by atoms with Crippen LogP contribution >= 0.6 is 0 Å².